The molecule has 1 amide bonds. The largest absolute Gasteiger partial charge is 0.490 e. The van der Waals surface area contributed by atoms with E-state index in [0.29, 0.717) is 30.2 Å². The van der Waals surface area contributed by atoms with E-state index in [4.69, 9.17) is 4.74 Å². The summed E-state index contributed by atoms with van der Waals surface area (Å²) >= 11 is 0. The molecule has 0 bridgehead atoms. The van der Waals surface area contributed by atoms with Crippen LogP contribution in [0, 0.1) is 13.8 Å². The monoisotopic (exact) mass is 416 g/mol. The Hall–Kier alpha value is -2.80. The summed E-state index contributed by atoms with van der Waals surface area (Å²) in [7, 11) is -3.44. The third kappa shape index (κ3) is 7.27. The van der Waals surface area contributed by atoms with Crippen molar-refractivity contribution in [3.63, 3.8) is 0 Å². The maximum Gasteiger partial charge on any atom is 0.232 e. The minimum atomic E-state index is -3.44. The first-order chi connectivity index (χ1) is 13.7. The fourth-order valence-electron chi connectivity index (χ4n) is 2.98. The van der Waals surface area contributed by atoms with Gasteiger partial charge in [0, 0.05) is 18.7 Å². The van der Waals surface area contributed by atoms with Crippen molar-refractivity contribution in [2.45, 2.75) is 26.7 Å². The number of ether oxygens (including phenoxy) is 1. The molecule has 0 aromatic heterocycles. The maximum absolute atomic E-state index is 12.2. The summed E-state index contributed by atoms with van der Waals surface area (Å²) < 4.78 is 31.2. The average Bonchev–Trinajstić information content (AvgIpc) is 2.63. The maximum atomic E-state index is 12.2. The number of nitrogens with one attached hydrogen (secondary N) is 1. The van der Waals surface area contributed by atoms with Crippen LogP contribution >= 0.6 is 0 Å². The zero-order valence-corrected chi connectivity index (χ0v) is 18.0. The molecule has 2 aromatic rings. The quantitative estimate of drug-likeness (QED) is 0.593. The summed E-state index contributed by atoms with van der Waals surface area (Å²) in [5.41, 5.74) is 3.27. The Labute approximate surface area is 173 Å². The molecule has 0 radical (unpaired) electrons. The molecular formula is C22H28N2O4S. The zero-order chi connectivity index (χ0) is 21.4. The van der Waals surface area contributed by atoms with Crippen LogP contribution in [0.3, 0.4) is 0 Å². The van der Waals surface area contributed by atoms with E-state index in [1.807, 2.05) is 32.0 Å². The number of benzene rings is 2. The van der Waals surface area contributed by atoms with Gasteiger partial charge in [0.2, 0.25) is 15.9 Å². The topological polar surface area (TPSA) is 75.7 Å². The SMILES string of the molecule is C=CCOc1ccc(NC(=O)CCCN(c2cc(C)cc(C)c2)S(C)(=O)=O)cc1. The molecule has 0 aliphatic rings. The summed E-state index contributed by atoms with van der Waals surface area (Å²) in [6.45, 7) is 8.11. The summed E-state index contributed by atoms with van der Waals surface area (Å²) in [5, 5.41) is 2.81. The summed E-state index contributed by atoms with van der Waals surface area (Å²) in [4.78, 5) is 12.2. The molecule has 0 unspecified atom stereocenters. The molecule has 2 rings (SSSR count). The van der Waals surface area contributed by atoms with Gasteiger partial charge in [-0.1, -0.05) is 18.7 Å². The first-order valence-electron chi connectivity index (χ1n) is 9.38. The molecule has 0 fully saturated rings. The Balaban J connectivity index is 1.93. The molecule has 1 N–H and O–H groups in total. The highest BCUT2D eigenvalue weighted by molar-refractivity contribution is 7.92. The van der Waals surface area contributed by atoms with Crippen LogP contribution in [-0.2, 0) is 14.8 Å². The smallest absolute Gasteiger partial charge is 0.232 e. The van der Waals surface area contributed by atoms with Crippen LogP contribution in [0.25, 0.3) is 0 Å². The molecule has 0 saturated heterocycles. The fourth-order valence-corrected chi connectivity index (χ4v) is 3.93. The van der Waals surface area contributed by atoms with E-state index in [1.54, 1.807) is 30.3 Å². The number of aryl methyl sites for hydroxylation is 2. The van der Waals surface area contributed by atoms with Crippen LogP contribution < -0.4 is 14.4 Å². The van der Waals surface area contributed by atoms with Gasteiger partial charge in [-0.3, -0.25) is 9.10 Å². The minimum Gasteiger partial charge on any atom is -0.490 e. The summed E-state index contributed by atoms with van der Waals surface area (Å²) in [6, 6.07) is 12.7. The minimum absolute atomic E-state index is 0.168. The van der Waals surface area contributed by atoms with Gasteiger partial charge >= 0.3 is 0 Å². The molecule has 0 saturated carbocycles. The molecule has 0 atom stereocenters. The lowest BCUT2D eigenvalue weighted by molar-refractivity contribution is -0.116. The van der Waals surface area contributed by atoms with Gasteiger partial charge in [-0.2, -0.15) is 0 Å². The van der Waals surface area contributed by atoms with Gasteiger partial charge in [-0.05, 0) is 67.8 Å². The van der Waals surface area contributed by atoms with Gasteiger partial charge in [0.25, 0.3) is 0 Å². The molecule has 0 heterocycles. The van der Waals surface area contributed by atoms with E-state index >= 15 is 0 Å². The number of amides is 1. The summed E-state index contributed by atoms with van der Waals surface area (Å²) in [6.07, 6.45) is 3.46. The number of sulfonamides is 1. The van der Waals surface area contributed by atoms with Crippen molar-refractivity contribution in [3.8, 4) is 5.75 Å². The van der Waals surface area contributed by atoms with Crippen LogP contribution in [-0.4, -0.2) is 33.7 Å². The molecular weight excluding hydrogens is 388 g/mol. The number of nitrogens with zero attached hydrogens (tertiary/aromatic N) is 1. The van der Waals surface area contributed by atoms with Gasteiger partial charge in [0.05, 0.1) is 11.9 Å². The Morgan fingerprint density at radius 2 is 1.76 bits per heavy atom. The van der Waals surface area contributed by atoms with E-state index in [2.05, 4.69) is 11.9 Å². The van der Waals surface area contributed by atoms with Crippen molar-refractivity contribution in [2.75, 3.05) is 29.0 Å². The van der Waals surface area contributed by atoms with Crippen LogP contribution in [0.4, 0.5) is 11.4 Å². The van der Waals surface area contributed by atoms with Crippen molar-refractivity contribution < 1.29 is 17.9 Å². The van der Waals surface area contributed by atoms with Crippen molar-refractivity contribution in [2.24, 2.45) is 0 Å². The molecule has 0 aliphatic heterocycles. The molecule has 0 aliphatic carbocycles. The van der Waals surface area contributed by atoms with E-state index in [1.165, 1.54) is 10.6 Å². The van der Waals surface area contributed by atoms with Gasteiger partial charge in [-0.15, -0.1) is 0 Å². The predicted molar refractivity (Wildman–Crippen MR) is 118 cm³/mol. The Kier molecular flexibility index (Phi) is 7.84. The second-order valence-corrected chi connectivity index (χ2v) is 8.86. The van der Waals surface area contributed by atoms with E-state index in [0.717, 1.165) is 11.1 Å². The van der Waals surface area contributed by atoms with Crippen molar-refractivity contribution in [3.05, 3.63) is 66.2 Å². The Bertz CT molecular complexity index is 933. The highest BCUT2D eigenvalue weighted by Gasteiger charge is 2.18. The normalized spacial score (nSPS) is 11.0. The lowest BCUT2D eigenvalue weighted by atomic mass is 10.1. The van der Waals surface area contributed by atoms with Crippen LogP contribution in [0.2, 0.25) is 0 Å². The van der Waals surface area contributed by atoms with Gasteiger partial charge in [0.15, 0.2) is 0 Å². The average molecular weight is 417 g/mol. The molecule has 6 nitrogen and oxygen atoms in total. The number of carbonyl (C=O) groups is 1. The van der Waals surface area contributed by atoms with Crippen LogP contribution in [0.5, 0.6) is 5.75 Å². The standard InChI is InChI=1S/C22H28N2O4S/c1-5-13-28-21-10-8-19(9-11-21)23-22(25)7-6-12-24(29(4,26)27)20-15-17(2)14-18(3)16-20/h5,8-11,14-16H,1,6-7,12-13H2,2-4H3,(H,23,25). The lowest BCUT2D eigenvalue weighted by Gasteiger charge is -2.23. The number of hydrogen-bond donors (Lipinski definition) is 1. The van der Waals surface area contributed by atoms with Crippen LogP contribution in [0.1, 0.15) is 24.0 Å². The highest BCUT2D eigenvalue weighted by atomic mass is 32.2. The van der Waals surface area contributed by atoms with Crippen molar-refractivity contribution >= 4 is 27.3 Å². The second kappa shape index (κ2) is 10.1. The fraction of sp³-hybridized carbons (Fsp3) is 0.318. The first-order valence-corrected chi connectivity index (χ1v) is 11.2. The molecule has 29 heavy (non-hydrogen) atoms. The van der Waals surface area contributed by atoms with Gasteiger partial charge in [-0.25, -0.2) is 8.42 Å². The first kappa shape index (κ1) is 22.5. The number of rotatable bonds is 10. The predicted octanol–water partition coefficient (Wildman–Crippen LogP) is 4.05. The Morgan fingerprint density at radius 3 is 2.31 bits per heavy atom. The van der Waals surface area contributed by atoms with Crippen molar-refractivity contribution in [1.29, 1.82) is 0 Å². The van der Waals surface area contributed by atoms with E-state index in [9.17, 15) is 13.2 Å². The third-order valence-corrected chi connectivity index (χ3v) is 5.36. The highest BCUT2D eigenvalue weighted by Crippen LogP contribution is 2.22. The van der Waals surface area contributed by atoms with E-state index in [-0.39, 0.29) is 18.9 Å². The molecule has 156 valence electrons. The summed E-state index contributed by atoms with van der Waals surface area (Å²) in [5.74, 6) is 0.527. The van der Waals surface area contributed by atoms with Crippen molar-refractivity contribution in [1.82, 2.24) is 0 Å². The van der Waals surface area contributed by atoms with Gasteiger partial charge in [0.1, 0.15) is 12.4 Å². The van der Waals surface area contributed by atoms with E-state index < -0.39 is 10.0 Å². The number of hydrogen-bond acceptors (Lipinski definition) is 4. The number of anilines is 2. The molecule has 0 spiro atoms. The lowest BCUT2D eigenvalue weighted by Crippen LogP contribution is -2.31. The number of carbonyl (C=O) groups excluding carboxylic acids is 1. The molecule has 7 heteroatoms. The molecule has 2 aromatic carbocycles. The second-order valence-electron chi connectivity index (χ2n) is 6.96. The van der Waals surface area contributed by atoms with Gasteiger partial charge < -0.3 is 10.1 Å². The zero-order valence-electron chi connectivity index (χ0n) is 17.1. The third-order valence-electron chi connectivity index (χ3n) is 4.17. The Morgan fingerprint density at radius 1 is 1.14 bits per heavy atom. The van der Waals surface area contributed by atoms with Crippen LogP contribution in [0.15, 0.2) is 55.1 Å².